The molecule has 1 aliphatic heterocycles. The van der Waals surface area contributed by atoms with Crippen LogP contribution in [0.4, 0.5) is 11.5 Å². The minimum Gasteiger partial charge on any atom is -0.369 e. The van der Waals surface area contributed by atoms with Gasteiger partial charge in [0.1, 0.15) is 0 Å². The summed E-state index contributed by atoms with van der Waals surface area (Å²) in [5, 5.41) is 10.4. The van der Waals surface area contributed by atoms with E-state index in [0.29, 0.717) is 16.6 Å². The highest BCUT2D eigenvalue weighted by molar-refractivity contribution is 6.11. The zero-order valence-electron chi connectivity index (χ0n) is 7.61. The van der Waals surface area contributed by atoms with E-state index >= 15 is 0 Å². The third-order valence-electron chi connectivity index (χ3n) is 2.29. The largest absolute Gasteiger partial charge is 0.369 e. The smallest absolute Gasteiger partial charge is 0.272 e. The first-order valence-electron chi connectivity index (χ1n) is 4.38. The van der Waals surface area contributed by atoms with E-state index in [1.54, 1.807) is 12.1 Å². The van der Waals surface area contributed by atoms with Crippen molar-refractivity contribution in [1.82, 2.24) is 10.2 Å². The van der Waals surface area contributed by atoms with Crippen LogP contribution in [-0.4, -0.2) is 16.2 Å². The summed E-state index contributed by atoms with van der Waals surface area (Å²) in [6.07, 6.45) is 0. The summed E-state index contributed by atoms with van der Waals surface area (Å²) in [6.45, 7) is 0. The van der Waals surface area contributed by atoms with Crippen molar-refractivity contribution in [3.05, 3.63) is 28.6 Å². The highest BCUT2D eigenvalue weighted by Gasteiger charge is 2.15. The number of anilines is 1. The fourth-order valence-electron chi connectivity index (χ4n) is 1.67. The van der Waals surface area contributed by atoms with Crippen molar-refractivity contribution >= 4 is 28.2 Å². The number of nitrogens with zero attached hydrogens (tertiary/aromatic N) is 2. The van der Waals surface area contributed by atoms with Crippen molar-refractivity contribution in [2.45, 2.75) is 0 Å². The molecule has 0 fully saturated rings. The monoisotopic (exact) mass is 201 g/mol. The van der Waals surface area contributed by atoms with Crippen molar-refractivity contribution in [3.63, 3.8) is 0 Å². The second kappa shape index (κ2) is 2.57. The lowest BCUT2D eigenvalue weighted by atomic mass is 10.1. The van der Waals surface area contributed by atoms with Gasteiger partial charge >= 0.3 is 0 Å². The number of aromatic nitrogens is 2. The number of nitrogens with two attached hydrogens (primary N) is 1. The lowest BCUT2D eigenvalue weighted by Crippen LogP contribution is -2.25. The standard InChI is InChI=1S/C9H7N5O/c10-9-11-5-3-1-2-4-6(5)7(12-9)13-14-8(4)15/h1-3H,(H,14,15)(H3,10,11,12,13). The number of aromatic amines is 1. The van der Waals surface area contributed by atoms with Gasteiger partial charge in [-0.25, -0.2) is 5.10 Å². The molecule has 0 atom stereocenters. The Morgan fingerprint density at radius 2 is 2.20 bits per heavy atom. The Morgan fingerprint density at radius 3 is 3.07 bits per heavy atom. The number of aliphatic imine (C=N–C) groups is 1. The lowest BCUT2D eigenvalue weighted by Gasteiger charge is -2.14. The van der Waals surface area contributed by atoms with Gasteiger partial charge in [-0.15, -0.1) is 0 Å². The molecule has 2 heterocycles. The van der Waals surface area contributed by atoms with Crippen molar-refractivity contribution in [1.29, 1.82) is 0 Å². The van der Waals surface area contributed by atoms with E-state index < -0.39 is 0 Å². The van der Waals surface area contributed by atoms with Crippen molar-refractivity contribution in [2.75, 3.05) is 5.32 Å². The molecular formula is C9H7N5O. The highest BCUT2D eigenvalue weighted by Crippen LogP contribution is 2.30. The van der Waals surface area contributed by atoms with Crippen molar-refractivity contribution in [3.8, 4) is 0 Å². The summed E-state index contributed by atoms with van der Waals surface area (Å²) >= 11 is 0. The van der Waals surface area contributed by atoms with Gasteiger partial charge in [0, 0.05) is 0 Å². The van der Waals surface area contributed by atoms with Crippen molar-refractivity contribution in [2.24, 2.45) is 10.7 Å². The zero-order chi connectivity index (χ0) is 10.4. The summed E-state index contributed by atoms with van der Waals surface area (Å²) < 4.78 is 0. The molecule has 0 unspecified atom stereocenters. The molecule has 74 valence electrons. The molecule has 1 aromatic heterocycles. The van der Waals surface area contributed by atoms with Gasteiger partial charge in [0.2, 0.25) is 0 Å². The topological polar surface area (TPSA) is 96.2 Å². The third-order valence-corrected chi connectivity index (χ3v) is 2.29. The fraction of sp³-hybridized carbons (Fsp3) is 0. The van der Waals surface area contributed by atoms with Crippen LogP contribution in [0.3, 0.4) is 0 Å². The number of hydrogen-bond donors (Lipinski definition) is 3. The molecule has 15 heavy (non-hydrogen) atoms. The number of hydrogen-bond acceptors (Lipinski definition) is 5. The van der Waals surface area contributed by atoms with E-state index in [4.69, 9.17) is 5.73 Å². The summed E-state index contributed by atoms with van der Waals surface area (Å²) in [5.41, 5.74) is 6.10. The molecular weight excluding hydrogens is 194 g/mol. The molecule has 0 saturated carbocycles. The van der Waals surface area contributed by atoms with E-state index in [-0.39, 0.29) is 11.5 Å². The van der Waals surface area contributed by atoms with Crippen LogP contribution in [0.2, 0.25) is 0 Å². The first-order valence-corrected chi connectivity index (χ1v) is 4.38. The van der Waals surface area contributed by atoms with Gasteiger partial charge in [0.15, 0.2) is 11.8 Å². The minimum absolute atomic E-state index is 0.229. The summed E-state index contributed by atoms with van der Waals surface area (Å²) in [6, 6.07) is 5.33. The normalized spacial score (nSPS) is 13.5. The average Bonchev–Trinajstić information content (AvgIpc) is 2.23. The SMILES string of the molecule is NC1=Nc2n[nH]c(=O)c3cccc(c23)N1. The van der Waals surface area contributed by atoms with E-state index in [1.165, 1.54) is 0 Å². The Morgan fingerprint density at radius 1 is 1.33 bits per heavy atom. The second-order valence-corrected chi connectivity index (χ2v) is 3.23. The van der Waals surface area contributed by atoms with E-state index in [1.807, 2.05) is 6.07 Å². The molecule has 6 heteroatoms. The predicted molar refractivity (Wildman–Crippen MR) is 57.3 cm³/mol. The molecule has 0 amide bonds. The van der Waals surface area contributed by atoms with Gasteiger partial charge < -0.3 is 11.1 Å². The molecule has 0 radical (unpaired) electrons. The molecule has 1 aliphatic rings. The molecule has 2 aromatic rings. The molecule has 3 rings (SSSR count). The van der Waals surface area contributed by atoms with Crippen molar-refractivity contribution < 1.29 is 0 Å². The number of H-pyrrole nitrogens is 1. The molecule has 0 bridgehead atoms. The van der Waals surface area contributed by atoms with Crippen LogP contribution in [0.25, 0.3) is 10.8 Å². The maximum atomic E-state index is 11.5. The van der Waals surface area contributed by atoms with Crippen LogP contribution in [0.15, 0.2) is 28.0 Å². The zero-order valence-corrected chi connectivity index (χ0v) is 7.61. The highest BCUT2D eigenvalue weighted by atomic mass is 16.1. The first kappa shape index (κ1) is 7.98. The molecule has 0 saturated heterocycles. The van der Waals surface area contributed by atoms with Crippen LogP contribution in [0, 0.1) is 0 Å². The molecule has 6 nitrogen and oxygen atoms in total. The van der Waals surface area contributed by atoms with Gasteiger partial charge in [0.05, 0.1) is 16.5 Å². The fourth-order valence-corrected chi connectivity index (χ4v) is 1.67. The number of rotatable bonds is 0. The maximum Gasteiger partial charge on any atom is 0.272 e. The maximum absolute atomic E-state index is 11.5. The molecule has 0 aliphatic carbocycles. The van der Waals surface area contributed by atoms with Gasteiger partial charge in [-0.05, 0) is 12.1 Å². The molecule has 1 aromatic carbocycles. The average molecular weight is 201 g/mol. The Balaban J connectivity index is 2.57. The lowest BCUT2D eigenvalue weighted by molar-refractivity contribution is 1.00. The predicted octanol–water partition coefficient (Wildman–Crippen LogP) is 0.295. The Kier molecular flexibility index (Phi) is 1.37. The van der Waals surface area contributed by atoms with Crippen LogP contribution >= 0.6 is 0 Å². The van der Waals surface area contributed by atoms with Gasteiger partial charge in [-0.1, -0.05) is 6.07 Å². The Labute approximate surface area is 83.8 Å². The quantitative estimate of drug-likeness (QED) is 0.571. The number of benzene rings is 1. The first-order chi connectivity index (χ1) is 7.25. The van der Waals surface area contributed by atoms with E-state index in [9.17, 15) is 4.79 Å². The van der Waals surface area contributed by atoms with Gasteiger partial charge in [0.25, 0.3) is 5.56 Å². The second-order valence-electron chi connectivity index (χ2n) is 3.23. The number of nitrogens with one attached hydrogen (secondary N) is 2. The Bertz CT molecular complexity index is 642. The molecule has 4 N–H and O–H groups in total. The van der Waals surface area contributed by atoms with Gasteiger partial charge in [-0.2, -0.15) is 10.1 Å². The minimum atomic E-state index is -0.229. The van der Waals surface area contributed by atoms with E-state index in [2.05, 4.69) is 20.5 Å². The summed E-state index contributed by atoms with van der Waals surface area (Å²) in [4.78, 5) is 15.5. The Hall–Kier alpha value is -2.37. The molecule has 0 spiro atoms. The van der Waals surface area contributed by atoms with E-state index in [0.717, 1.165) is 5.69 Å². The van der Waals surface area contributed by atoms with Crippen LogP contribution in [0.1, 0.15) is 0 Å². The van der Waals surface area contributed by atoms with Gasteiger partial charge in [-0.3, -0.25) is 4.79 Å². The summed E-state index contributed by atoms with van der Waals surface area (Å²) in [7, 11) is 0. The number of guanidine groups is 1. The van der Waals surface area contributed by atoms with Crippen LogP contribution < -0.4 is 16.6 Å². The summed E-state index contributed by atoms with van der Waals surface area (Å²) in [5.74, 6) is 0.714. The van der Waals surface area contributed by atoms with Crippen LogP contribution in [0.5, 0.6) is 0 Å². The third kappa shape index (κ3) is 1.01. The van der Waals surface area contributed by atoms with Crippen LogP contribution in [-0.2, 0) is 0 Å².